The van der Waals surface area contributed by atoms with E-state index in [0.717, 1.165) is 16.9 Å². The monoisotopic (exact) mass is 409 g/mol. The summed E-state index contributed by atoms with van der Waals surface area (Å²) in [7, 11) is 0. The van der Waals surface area contributed by atoms with E-state index in [1.165, 1.54) is 43.2 Å². The first-order valence-corrected chi connectivity index (χ1v) is 11.3. The molecule has 2 nitrogen and oxygen atoms in total. The van der Waals surface area contributed by atoms with Crippen LogP contribution in [0.3, 0.4) is 0 Å². The number of anilines is 1. The molecule has 30 heavy (non-hydrogen) atoms. The highest BCUT2D eigenvalue weighted by molar-refractivity contribution is 5.77. The van der Waals surface area contributed by atoms with Gasteiger partial charge in [-0.3, -0.25) is 4.79 Å². The molecule has 0 aromatic heterocycles. The van der Waals surface area contributed by atoms with Crippen molar-refractivity contribution >= 4 is 17.2 Å². The highest BCUT2D eigenvalue weighted by Crippen LogP contribution is 2.20. The van der Waals surface area contributed by atoms with E-state index in [1.807, 2.05) is 26.0 Å². The molecule has 0 bridgehead atoms. The number of nitrogens with one attached hydrogen (secondary N) is 1. The largest absolute Gasteiger partial charge is 0.355 e. The van der Waals surface area contributed by atoms with Crippen molar-refractivity contribution in [2.45, 2.75) is 80.6 Å². The molecule has 0 saturated heterocycles. The lowest BCUT2D eigenvalue weighted by Gasteiger charge is -2.12. The second-order valence-electron chi connectivity index (χ2n) is 8.11. The molecule has 2 aromatic carbocycles. The standard InChI is InChI=1S/C16H17N.C7H16.C5H10O/c1-12-7-6-9-15(11-12)14(3)17-16-10-5-4-8-13(16)2;1-3-5-7-6-4-2;1-4(2)5(3)6/h4-11,17H,3H2,1-2H3;3-7H2,1-2H3;4H,1-3H3. The maximum absolute atomic E-state index is 10.1. The number of rotatable bonds is 8. The summed E-state index contributed by atoms with van der Waals surface area (Å²) >= 11 is 0. The number of para-hydroxylation sites is 1. The van der Waals surface area contributed by atoms with Crippen LogP contribution < -0.4 is 5.32 Å². The first-order chi connectivity index (χ1) is 14.2. The van der Waals surface area contributed by atoms with Gasteiger partial charge in [-0.05, 0) is 44.0 Å². The number of benzene rings is 2. The second kappa shape index (κ2) is 16.4. The van der Waals surface area contributed by atoms with Crippen molar-refractivity contribution in [1.29, 1.82) is 0 Å². The number of carbonyl (C=O) groups is 1. The molecule has 2 heteroatoms. The van der Waals surface area contributed by atoms with E-state index in [4.69, 9.17) is 0 Å². The summed E-state index contributed by atoms with van der Waals surface area (Å²) in [6.07, 6.45) is 7.01. The Morgan fingerprint density at radius 1 is 0.933 bits per heavy atom. The summed E-state index contributed by atoms with van der Waals surface area (Å²) in [5, 5.41) is 3.36. The minimum absolute atomic E-state index is 0.213. The van der Waals surface area contributed by atoms with Crippen molar-refractivity contribution in [2.75, 3.05) is 5.32 Å². The molecule has 0 amide bonds. The topological polar surface area (TPSA) is 29.1 Å². The molecule has 0 spiro atoms. The molecule has 0 radical (unpaired) electrons. The van der Waals surface area contributed by atoms with Gasteiger partial charge >= 0.3 is 0 Å². The van der Waals surface area contributed by atoms with E-state index in [1.54, 1.807) is 6.92 Å². The van der Waals surface area contributed by atoms with Crippen molar-refractivity contribution in [1.82, 2.24) is 0 Å². The molecule has 0 fully saturated rings. The van der Waals surface area contributed by atoms with Crippen LogP contribution in [0.5, 0.6) is 0 Å². The van der Waals surface area contributed by atoms with E-state index in [9.17, 15) is 4.79 Å². The molecule has 0 aliphatic carbocycles. The average Bonchev–Trinajstić information content (AvgIpc) is 2.71. The van der Waals surface area contributed by atoms with Gasteiger partial charge in [-0.25, -0.2) is 0 Å². The Labute approximate surface area is 185 Å². The van der Waals surface area contributed by atoms with Crippen LogP contribution in [0.2, 0.25) is 0 Å². The Kier molecular flexibility index (Phi) is 15.2. The SMILES string of the molecule is C=C(Nc1ccccc1C)c1cccc(C)c1.CC(=O)C(C)C.CCCCCCC. The third kappa shape index (κ3) is 13.0. The van der Waals surface area contributed by atoms with E-state index in [2.05, 4.69) is 76.0 Å². The maximum Gasteiger partial charge on any atom is 0.132 e. The summed E-state index contributed by atoms with van der Waals surface area (Å²) in [5.74, 6) is 0.472. The summed E-state index contributed by atoms with van der Waals surface area (Å²) in [5.41, 5.74) is 5.65. The number of Topliss-reactive ketones (excluding diaryl/α,β-unsaturated/α-hetero) is 1. The molecule has 0 unspecified atom stereocenters. The van der Waals surface area contributed by atoms with E-state index in [0.29, 0.717) is 0 Å². The van der Waals surface area contributed by atoms with Gasteiger partial charge in [0.15, 0.2) is 0 Å². The zero-order chi connectivity index (χ0) is 22.9. The Morgan fingerprint density at radius 3 is 1.97 bits per heavy atom. The zero-order valence-corrected chi connectivity index (χ0v) is 20.3. The minimum atomic E-state index is 0.213. The Balaban J connectivity index is 0.000000538. The van der Waals surface area contributed by atoms with Crippen LogP contribution in [0.1, 0.15) is 83.4 Å². The Morgan fingerprint density at radius 2 is 1.50 bits per heavy atom. The number of ketones is 1. The molecule has 0 atom stereocenters. The van der Waals surface area contributed by atoms with Crippen molar-refractivity contribution in [3.63, 3.8) is 0 Å². The normalized spacial score (nSPS) is 9.73. The molecule has 0 aliphatic rings. The van der Waals surface area contributed by atoms with Crippen LogP contribution >= 0.6 is 0 Å². The lowest BCUT2D eigenvalue weighted by molar-refractivity contribution is -0.119. The molecule has 2 aromatic rings. The molecular formula is C28H43NO. The zero-order valence-electron chi connectivity index (χ0n) is 20.3. The molecule has 166 valence electrons. The second-order valence-corrected chi connectivity index (χ2v) is 8.11. The van der Waals surface area contributed by atoms with Crippen molar-refractivity contribution in [3.8, 4) is 0 Å². The summed E-state index contributed by atoms with van der Waals surface area (Å²) in [6, 6.07) is 16.6. The lowest BCUT2D eigenvalue weighted by Crippen LogP contribution is -1.99. The van der Waals surface area contributed by atoms with Crippen LogP contribution in [0.15, 0.2) is 55.1 Å². The third-order valence-electron chi connectivity index (χ3n) is 4.82. The van der Waals surface area contributed by atoms with Gasteiger partial charge in [0.25, 0.3) is 0 Å². The number of unbranched alkanes of at least 4 members (excludes halogenated alkanes) is 4. The van der Waals surface area contributed by atoms with Gasteiger partial charge in [-0.15, -0.1) is 0 Å². The van der Waals surface area contributed by atoms with E-state index in [-0.39, 0.29) is 11.7 Å². The predicted octanol–water partition coefficient (Wildman–Crippen LogP) is 8.59. The molecule has 2 rings (SSSR count). The maximum atomic E-state index is 10.1. The van der Waals surface area contributed by atoms with Crippen LogP contribution in [0.4, 0.5) is 5.69 Å². The van der Waals surface area contributed by atoms with E-state index >= 15 is 0 Å². The summed E-state index contributed by atoms with van der Waals surface area (Å²) < 4.78 is 0. The fourth-order valence-corrected chi connectivity index (χ4v) is 2.46. The Hall–Kier alpha value is -2.35. The number of carbonyl (C=O) groups excluding carboxylic acids is 1. The molecule has 0 heterocycles. The smallest absolute Gasteiger partial charge is 0.132 e. The summed E-state index contributed by atoms with van der Waals surface area (Å²) in [6.45, 7) is 18.1. The summed E-state index contributed by atoms with van der Waals surface area (Å²) in [4.78, 5) is 10.1. The van der Waals surface area contributed by atoms with Crippen molar-refractivity contribution in [2.24, 2.45) is 5.92 Å². The van der Waals surface area contributed by atoms with Gasteiger partial charge in [0.2, 0.25) is 0 Å². The number of hydrogen-bond donors (Lipinski definition) is 1. The lowest BCUT2D eigenvalue weighted by atomic mass is 10.1. The van der Waals surface area contributed by atoms with Gasteiger partial charge in [0, 0.05) is 17.3 Å². The molecule has 0 saturated carbocycles. The fourth-order valence-electron chi connectivity index (χ4n) is 2.46. The van der Waals surface area contributed by atoms with Gasteiger partial charge in [0.05, 0.1) is 0 Å². The predicted molar refractivity (Wildman–Crippen MR) is 135 cm³/mol. The highest BCUT2D eigenvalue weighted by Gasteiger charge is 2.01. The first-order valence-electron chi connectivity index (χ1n) is 11.3. The van der Waals surface area contributed by atoms with Gasteiger partial charge in [-0.1, -0.05) is 108 Å². The highest BCUT2D eigenvalue weighted by atomic mass is 16.1. The van der Waals surface area contributed by atoms with Crippen LogP contribution in [-0.2, 0) is 4.79 Å². The van der Waals surface area contributed by atoms with Crippen molar-refractivity contribution in [3.05, 3.63) is 71.8 Å². The van der Waals surface area contributed by atoms with Gasteiger partial charge in [-0.2, -0.15) is 0 Å². The third-order valence-corrected chi connectivity index (χ3v) is 4.82. The van der Waals surface area contributed by atoms with Gasteiger partial charge in [0.1, 0.15) is 5.78 Å². The average molecular weight is 410 g/mol. The molecule has 1 N–H and O–H groups in total. The van der Waals surface area contributed by atoms with Crippen LogP contribution in [-0.4, -0.2) is 5.78 Å². The fraction of sp³-hybridized carbons (Fsp3) is 0.464. The minimum Gasteiger partial charge on any atom is -0.355 e. The first kappa shape index (κ1) is 27.6. The van der Waals surface area contributed by atoms with E-state index < -0.39 is 0 Å². The van der Waals surface area contributed by atoms with Crippen LogP contribution in [0, 0.1) is 19.8 Å². The van der Waals surface area contributed by atoms with Crippen LogP contribution in [0.25, 0.3) is 5.70 Å². The number of aryl methyl sites for hydroxylation is 2. The molecule has 0 aliphatic heterocycles. The molecular weight excluding hydrogens is 366 g/mol. The quantitative estimate of drug-likeness (QED) is 0.442. The van der Waals surface area contributed by atoms with Crippen molar-refractivity contribution < 1.29 is 4.79 Å². The number of hydrogen-bond acceptors (Lipinski definition) is 2. The van der Waals surface area contributed by atoms with Gasteiger partial charge < -0.3 is 5.32 Å². The Bertz CT molecular complexity index is 742.